The third-order valence-electron chi connectivity index (χ3n) is 9.68. The standard InChI is InChI=1S/C41H49ClF2N4O8S/c1-23-24(10-9-11-31(23)52-8)20-47(25-12-13-25)36(49)33-27(32-19-45-37(57-32)54-17-16-53-35-29(44)15-14-28(43)34(35)42)18-26-21-46(38(50)55-40(2,3)4)22-30(33)48(26)39(51)56-41(5,6)7/h9-11,14-15,19,25-26,30H,12-13,16-18,20-22H2,1-8H3. The topological polar surface area (TPSA) is 120 Å². The molecule has 2 atom stereocenters. The lowest BCUT2D eigenvalue weighted by Crippen LogP contribution is -2.66. The van der Waals surface area contributed by atoms with Gasteiger partial charge in [0.25, 0.3) is 11.1 Å². The van der Waals surface area contributed by atoms with Crippen LogP contribution in [0.15, 0.2) is 42.1 Å². The van der Waals surface area contributed by atoms with Crippen LogP contribution in [-0.4, -0.2) is 101 Å². The molecule has 1 aromatic heterocycles. The van der Waals surface area contributed by atoms with E-state index in [1.165, 1.54) is 11.3 Å². The number of benzene rings is 2. The average molecular weight is 831 g/mol. The number of methoxy groups -OCH3 is 1. The Morgan fingerprint density at radius 1 is 0.947 bits per heavy atom. The molecule has 308 valence electrons. The molecule has 2 bridgehead atoms. The molecule has 57 heavy (non-hydrogen) atoms. The van der Waals surface area contributed by atoms with E-state index in [2.05, 4.69) is 4.98 Å². The van der Waals surface area contributed by atoms with Gasteiger partial charge in [-0.2, -0.15) is 0 Å². The van der Waals surface area contributed by atoms with Gasteiger partial charge in [0, 0.05) is 37.4 Å². The molecular weight excluding hydrogens is 782 g/mol. The van der Waals surface area contributed by atoms with Crippen LogP contribution in [0.3, 0.4) is 0 Å². The number of ether oxygens (including phenoxy) is 5. The quantitative estimate of drug-likeness (QED) is 0.139. The molecule has 2 aromatic carbocycles. The molecule has 0 N–H and O–H groups in total. The minimum atomic E-state index is -0.888. The Labute approximate surface area is 340 Å². The van der Waals surface area contributed by atoms with Gasteiger partial charge in [-0.15, -0.1) is 0 Å². The summed E-state index contributed by atoms with van der Waals surface area (Å²) in [5.74, 6) is -1.60. The summed E-state index contributed by atoms with van der Waals surface area (Å²) in [6.45, 7) is 12.9. The Morgan fingerprint density at radius 3 is 2.28 bits per heavy atom. The molecule has 0 spiro atoms. The molecule has 0 radical (unpaired) electrons. The number of hydrogen-bond donors (Lipinski definition) is 0. The molecule has 2 unspecified atom stereocenters. The molecule has 2 fully saturated rings. The SMILES string of the molecule is COc1cccc(CN(C(=O)C2=C(c3cnc(OCCOc4c(F)ccc(F)c4Cl)s3)CC3CN(C(=O)OC(C)(C)C)CC2N3C(=O)OC(C)(C)C)C2CC2)c1C. The highest BCUT2D eigenvalue weighted by Crippen LogP contribution is 2.44. The van der Waals surface area contributed by atoms with Gasteiger partial charge < -0.3 is 33.5 Å². The number of halogens is 3. The van der Waals surface area contributed by atoms with Crippen LogP contribution >= 0.6 is 22.9 Å². The van der Waals surface area contributed by atoms with Crippen LogP contribution in [0.2, 0.25) is 5.02 Å². The lowest BCUT2D eigenvalue weighted by molar-refractivity contribution is -0.129. The number of amides is 3. The van der Waals surface area contributed by atoms with Crippen LogP contribution in [0.25, 0.3) is 5.57 Å². The predicted molar refractivity (Wildman–Crippen MR) is 211 cm³/mol. The smallest absolute Gasteiger partial charge is 0.411 e. The van der Waals surface area contributed by atoms with E-state index in [0.717, 1.165) is 36.1 Å². The van der Waals surface area contributed by atoms with E-state index in [9.17, 15) is 18.4 Å². The Balaban J connectivity index is 1.38. The highest BCUT2D eigenvalue weighted by atomic mass is 35.5. The molecule has 12 nitrogen and oxygen atoms in total. The molecule has 6 rings (SSSR count). The van der Waals surface area contributed by atoms with E-state index < -0.39 is 57.9 Å². The van der Waals surface area contributed by atoms with Gasteiger partial charge in [0.2, 0.25) is 0 Å². The summed E-state index contributed by atoms with van der Waals surface area (Å²) in [7, 11) is 1.61. The average Bonchev–Trinajstić information content (AvgIpc) is 3.86. The van der Waals surface area contributed by atoms with Gasteiger partial charge >= 0.3 is 12.2 Å². The molecule has 3 aromatic rings. The second-order valence-corrected chi connectivity index (χ2v) is 17.7. The van der Waals surface area contributed by atoms with Crippen LogP contribution in [0, 0.1) is 18.6 Å². The summed E-state index contributed by atoms with van der Waals surface area (Å²) in [6.07, 6.45) is 2.32. The van der Waals surface area contributed by atoms with E-state index in [-0.39, 0.29) is 49.9 Å². The number of carbonyl (C=O) groups excluding carboxylic acids is 3. The Hall–Kier alpha value is -4.63. The molecule has 1 saturated heterocycles. The fourth-order valence-electron chi connectivity index (χ4n) is 7.00. The minimum absolute atomic E-state index is 0.00930. The number of hydrogen-bond acceptors (Lipinski definition) is 10. The normalized spacial score (nSPS) is 18.3. The molecule has 1 aliphatic carbocycles. The Morgan fingerprint density at radius 2 is 1.61 bits per heavy atom. The third kappa shape index (κ3) is 9.74. The van der Waals surface area contributed by atoms with Crippen molar-refractivity contribution >= 4 is 46.6 Å². The number of piperazine rings is 1. The summed E-state index contributed by atoms with van der Waals surface area (Å²) >= 11 is 7.10. The molecule has 2 aliphatic heterocycles. The summed E-state index contributed by atoms with van der Waals surface area (Å²) in [4.78, 5) is 53.2. The van der Waals surface area contributed by atoms with Gasteiger partial charge in [-0.25, -0.2) is 23.4 Å². The largest absolute Gasteiger partial charge is 0.496 e. The van der Waals surface area contributed by atoms with Crippen LogP contribution in [-0.2, 0) is 20.8 Å². The van der Waals surface area contributed by atoms with Crippen molar-refractivity contribution in [1.29, 1.82) is 0 Å². The van der Waals surface area contributed by atoms with Gasteiger partial charge in [0.05, 0.1) is 24.1 Å². The maximum atomic E-state index is 15.3. The van der Waals surface area contributed by atoms with Crippen LogP contribution in [0.1, 0.15) is 76.8 Å². The molecular formula is C41H49ClF2N4O8S. The fourth-order valence-corrected chi connectivity index (χ4v) is 8.07. The van der Waals surface area contributed by atoms with Gasteiger partial charge in [0.1, 0.15) is 41.0 Å². The van der Waals surface area contributed by atoms with Crippen molar-refractivity contribution in [1.82, 2.24) is 19.7 Å². The number of nitrogens with zero attached hydrogens (tertiary/aromatic N) is 4. The zero-order valence-electron chi connectivity index (χ0n) is 33.4. The first-order valence-corrected chi connectivity index (χ1v) is 20.1. The number of aromatic nitrogens is 1. The zero-order chi connectivity index (χ0) is 41.4. The van der Waals surface area contributed by atoms with E-state index in [1.807, 2.05) is 30.0 Å². The van der Waals surface area contributed by atoms with Gasteiger partial charge in [0.15, 0.2) is 11.6 Å². The molecule has 3 aliphatic rings. The predicted octanol–water partition coefficient (Wildman–Crippen LogP) is 8.42. The van der Waals surface area contributed by atoms with Crippen molar-refractivity contribution in [3.63, 3.8) is 0 Å². The van der Waals surface area contributed by atoms with Crippen LogP contribution in [0.5, 0.6) is 16.7 Å². The summed E-state index contributed by atoms with van der Waals surface area (Å²) in [6, 6.07) is 6.08. The Kier molecular flexibility index (Phi) is 12.3. The van der Waals surface area contributed by atoms with Gasteiger partial charge in [-0.3, -0.25) is 9.69 Å². The fraction of sp³-hybridized carbons (Fsp3) is 0.512. The first-order chi connectivity index (χ1) is 26.8. The highest BCUT2D eigenvalue weighted by molar-refractivity contribution is 7.14. The number of fused-ring (bicyclic) bond motifs is 2. The number of carbonyl (C=O) groups is 3. The van der Waals surface area contributed by atoms with Crippen molar-refractivity contribution < 1.29 is 46.8 Å². The second kappa shape index (κ2) is 16.7. The number of thiazole rings is 1. The number of rotatable bonds is 11. The highest BCUT2D eigenvalue weighted by Gasteiger charge is 2.51. The lowest BCUT2D eigenvalue weighted by Gasteiger charge is -2.51. The van der Waals surface area contributed by atoms with E-state index in [4.69, 9.17) is 35.3 Å². The van der Waals surface area contributed by atoms with Crippen molar-refractivity contribution in [2.75, 3.05) is 33.4 Å². The van der Waals surface area contributed by atoms with E-state index in [0.29, 0.717) is 28.3 Å². The summed E-state index contributed by atoms with van der Waals surface area (Å²) in [5, 5.41) is -0.217. The Bertz CT molecular complexity index is 2040. The van der Waals surface area contributed by atoms with Crippen molar-refractivity contribution in [2.24, 2.45) is 0 Å². The summed E-state index contributed by atoms with van der Waals surface area (Å²) in [5.41, 5.74) is 1.28. The van der Waals surface area contributed by atoms with E-state index >= 15 is 4.79 Å². The monoisotopic (exact) mass is 830 g/mol. The molecule has 16 heteroatoms. The molecule has 3 heterocycles. The van der Waals surface area contributed by atoms with Crippen LogP contribution < -0.4 is 14.2 Å². The molecule has 1 saturated carbocycles. The van der Waals surface area contributed by atoms with Gasteiger partial charge in [-0.1, -0.05) is 35.1 Å². The third-order valence-corrected chi connectivity index (χ3v) is 11.0. The first-order valence-electron chi connectivity index (χ1n) is 18.9. The van der Waals surface area contributed by atoms with Crippen LogP contribution in [0.4, 0.5) is 18.4 Å². The van der Waals surface area contributed by atoms with Crippen molar-refractivity contribution in [3.05, 3.63) is 74.8 Å². The molecule has 3 amide bonds. The maximum Gasteiger partial charge on any atom is 0.411 e. The van der Waals surface area contributed by atoms with Crippen molar-refractivity contribution in [2.45, 2.75) is 104 Å². The first kappa shape index (κ1) is 42.0. The van der Waals surface area contributed by atoms with Crippen molar-refractivity contribution in [3.8, 4) is 16.7 Å². The summed E-state index contributed by atoms with van der Waals surface area (Å²) < 4.78 is 56.7. The van der Waals surface area contributed by atoms with E-state index in [1.54, 1.807) is 64.6 Å². The maximum absolute atomic E-state index is 15.3. The minimum Gasteiger partial charge on any atom is -0.496 e. The van der Waals surface area contributed by atoms with Gasteiger partial charge in [-0.05, 0) is 103 Å². The lowest BCUT2D eigenvalue weighted by atomic mass is 9.83. The zero-order valence-corrected chi connectivity index (χ0v) is 35.0. The second-order valence-electron chi connectivity index (χ2n) is 16.3.